The predicted molar refractivity (Wildman–Crippen MR) is 59.2 cm³/mol. The Bertz CT molecular complexity index is 603. The molecule has 0 saturated carbocycles. The van der Waals surface area contributed by atoms with Gasteiger partial charge in [0.2, 0.25) is 0 Å². The quantitative estimate of drug-likeness (QED) is 0.590. The highest BCUT2D eigenvalue weighted by Crippen LogP contribution is 2.20. The Morgan fingerprint density at radius 1 is 1.25 bits per heavy atom. The van der Waals surface area contributed by atoms with Crippen LogP contribution in [0.4, 0.5) is 5.69 Å². The van der Waals surface area contributed by atoms with E-state index in [0.717, 1.165) is 12.3 Å². The molecule has 0 unspecified atom stereocenters. The molecule has 90 valence electrons. The first kappa shape index (κ1) is 12.9. The number of nitrogen functional groups attached to an aromatic ring is 1. The van der Waals surface area contributed by atoms with Crippen LogP contribution in [0, 0.1) is 0 Å². The van der Waals surface area contributed by atoms with Gasteiger partial charge in [-0.15, -0.1) is 0 Å². The highest BCUT2D eigenvalue weighted by atomic mass is 32.2. The van der Waals surface area contributed by atoms with E-state index in [0.29, 0.717) is 0 Å². The second-order valence-corrected chi connectivity index (χ2v) is 6.81. The third kappa shape index (κ3) is 3.47. The van der Waals surface area contributed by atoms with Crippen LogP contribution in [0.3, 0.4) is 0 Å². The average Bonchev–Trinajstić information content (AvgIpc) is 2.04. The molecular formula is C8H11NO5S2. The van der Waals surface area contributed by atoms with E-state index in [4.69, 9.17) is 10.3 Å². The molecule has 1 aromatic carbocycles. The third-order valence-electron chi connectivity index (χ3n) is 1.83. The summed E-state index contributed by atoms with van der Waals surface area (Å²) in [6, 6.07) is 3.77. The fourth-order valence-electron chi connectivity index (χ4n) is 1.20. The molecule has 0 aliphatic heterocycles. The lowest BCUT2D eigenvalue weighted by atomic mass is 10.2. The molecule has 1 rings (SSSR count). The second-order valence-electron chi connectivity index (χ2n) is 3.37. The van der Waals surface area contributed by atoms with Gasteiger partial charge in [0.05, 0.1) is 10.6 Å². The van der Waals surface area contributed by atoms with Crippen molar-refractivity contribution in [3.8, 4) is 0 Å². The van der Waals surface area contributed by atoms with Gasteiger partial charge in [-0.3, -0.25) is 4.55 Å². The number of hydrogen-bond donors (Lipinski definition) is 2. The molecule has 8 heteroatoms. The molecule has 3 N–H and O–H groups in total. The molecule has 0 aliphatic rings. The summed E-state index contributed by atoms with van der Waals surface area (Å²) >= 11 is 0. The van der Waals surface area contributed by atoms with Crippen molar-refractivity contribution in [3.05, 3.63) is 23.8 Å². The lowest BCUT2D eigenvalue weighted by molar-refractivity contribution is 0.482. The minimum Gasteiger partial charge on any atom is -0.398 e. The predicted octanol–water partition coefficient (Wildman–Crippen LogP) is 0.0601. The molecule has 0 aliphatic carbocycles. The van der Waals surface area contributed by atoms with Gasteiger partial charge in [0, 0.05) is 6.26 Å². The first-order valence-corrected chi connectivity index (χ1v) is 7.63. The summed E-state index contributed by atoms with van der Waals surface area (Å²) in [5.41, 5.74) is 5.66. The molecule has 0 aromatic heterocycles. The lowest BCUT2D eigenvalue weighted by Gasteiger charge is -2.05. The molecule has 0 saturated heterocycles. The minimum atomic E-state index is -4.19. The smallest absolute Gasteiger partial charge is 0.269 e. The van der Waals surface area contributed by atoms with Crippen LogP contribution >= 0.6 is 0 Å². The SMILES string of the molecule is CS(=O)(=O)c1cc(CS(=O)(=O)O)ccc1N. The normalized spacial score (nSPS) is 12.6. The zero-order chi connectivity index (χ0) is 12.6. The number of hydrogen-bond acceptors (Lipinski definition) is 5. The molecule has 0 fully saturated rings. The Kier molecular flexibility index (Phi) is 3.27. The van der Waals surface area contributed by atoms with Gasteiger partial charge in [-0.05, 0) is 17.7 Å². The van der Waals surface area contributed by atoms with Gasteiger partial charge in [-0.2, -0.15) is 8.42 Å². The number of sulfone groups is 1. The summed E-state index contributed by atoms with van der Waals surface area (Å²) in [7, 11) is -7.70. The Morgan fingerprint density at radius 3 is 2.25 bits per heavy atom. The van der Waals surface area contributed by atoms with Gasteiger partial charge in [0.1, 0.15) is 5.75 Å². The van der Waals surface area contributed by atoms with Crippen LogP contribution in [0.1, 0.15) is 5.56 Å². The number of rotatable bonds is 3. The highest BCUT2D eigenvalue weighted by Gasteiger charge is 2.14. The van der Waals surface area contributed by atoms with Crippen molar-refractivity contribution in [1.29, 1.82) is 0 Å². The van der Waals surface area contributed by atoms with E-state index in [-0.39, 0.29) is 16.1 Å². The van der Waals surface area contributed by atoms with Crippen LogP contribution in [0.5, 0.6) is 0 Å². The van der Waals surface area contributed by atoms with E-state index >= 15 is 0 Å². The first-order valence-electron chi connectivity index (χ1n) is 4.13. The summed E-state index contributed by atoms with van der Waals surface area (Å²) in [6.45, 7) is 0. The van der Waals surface area contributed by atoms with Crippen molar-refractivity contribution in [3.63, 3.8) is 0 Å². The maximum Gasteiger partial charge on any atom is 0.269 e. The Labute approximate surface area is 93.8 Å². The second kappa shape index (κ2) is 4.04. The van der Waals surface area contributed by atoms with E-state index in [1.807, 2.05) is 0 Å². The van der Waals surface area contributed by atoms with E-state index in [2.05, 4.69) is 0 Å². The van der Waals surface area contributed by atoms with Crippen molar-refractivity contribution >= 4 is 25.6 Å². The van der Waals surface area contributed by atoms with Gasteiger partial charge >= 0.3 is 0 Å². The molecule has 0 spiro atoms. The topological polar surface area (TPSA) is 115 Å². The van der Waals surface area contributed by atoms with Gasteiger partial charge < -0.3 is 5.73 Å². The van der Waals surface area contributed by atoms with Gasteiger partial charge in [-0.1, -0.05) is 6.07 Å². The molecule has 6 nitrogen and oxygen atoms in total. The fourth-order valence-corrected chi connectivity index (χ4v) is 2.66. The van der Waals surface area contributed by atoms with E-state index in [1.165, 1.54) is 12.1 Å². The summed E-state index contributed by atoms with van der Waals surface area (Å²) in [4.78, 5) is -0.145. The van der Waals surface area contributed by atoms with E-state index < -0.39 is 25.7 Å². The molecule has 0 heterocycles. The zero-order valence-electron chi connectivity index (χ0n) is 8.41. The molecule has 0 bridgehead atoms. The molecule has 0 amide bonds. The Morgan fingerprint density at radius 2 is 1.81 bits per heavy atom. The van der Waals surface area contributed by atoms with Gasteiger partial charge in [0.25, 0.3) is 10.1 Å². The van der Waals surface area contributed by atoms with Crippen molar-refractivity contribution < 1.29 is 21.4 Å². The Balaban J connectivity index is 3.29. The molecule has 0 radical (unpaired) electrons. The van der Waals surface area contributed by atoms with E-state index in [9.17, 15) is 16.8 Å². The summed E-state index contributed by atoms with van der Waals surface area (Å²) in [5, 5.41) is 0. The molecular weight excluding hydrogens is 254 g/mol. The van der Waals surface area contributed by atoms with Crippen molar-refractivity contribution in [2.24, 2.45) is 0 Å². The lowest BCUT2D eigenvalue weighted by Crippen LogP contribution is -2.06. The van der Waals surface area contributed by atoms with Gasteiger partial charge in [0.15, 0.2) is 9.84 Å². The number of nitrogens with two attached hydrogens (primary N) is 1. The maximum atomic E-state index is 11.3. The third-order valence-corrected chi connectivity index (χ3v) is 3.68. The highest BCUT2D eigenvalue weighted by molar-refractivity contribution is 7.90. The average molecular weight is 265 g/mol. The summed E-state index contributed by atoms with van der Waals surface area (Å²) in [6.07, 6.45) is 0.968. The van der Waals surface area contributed by atoms with Crippen LogP contribution in [0.2, 0.25) is 0 Å². The van der Waals surface area contributed by atoms with Crippen LogP contribution in [0.25, 0.3) is 0 Å². The van der Waals surface area contributed by atoms with Crippen LogP contribution in [-0.2, 0) is 25.7 Å². The first-order chi connectivity index (χ1) is 7.09. The number of benzene rings is 1. The molecule has 0 atom stereocenters. The van der Waals surface area contributed by atoms with Crippen LogP contribution in [-0.4, -0.2) is 27.6 Å². The minimum absolute atomic E-state index is 0.0431. The fraction of sp³-hybridized carbons (Fsp3) is 0.250. The summed E-state index contributed by atoms with van der Waals surface area (Å²) in [5.74, 6) is -0.643. The molecule has 16 heavy (non-hydrogen) atoms. The van der Waals surface area contributed by atoms with Gasteiger partial charge in [-0.25, -0.2) is 8.42 Å². The largest absolute Gasteiger partial charge is 0.398 e. The van der Waals surface area contributed by atoms with Crippen LogP contribution in [0.15, 0.2) is 23.1 Å². The monoisotopic (exact) mass is 265 g/mol. The number of anilines is 1. The van der Waals surface area contributed by atoms with Crippen molar-refractivity contribution in [2.75, 3.05) is 12.0 Å². The zero-order valence-corrected chi connectivity index (χ0v) is 10.0. The van der Waals surface area contributed by atoms with E-state index in [1.54, 1.807) is 0 Å². The van der Waals surface area contributed by atoms with Crippen molar-refractivity contribution in [2.45, 2.75) is 10.6 Å². The van der Waals surface area contributed by atoms with Crippen LogP contribution < -0.4 is 5.73 Å². The summed E-state index contributed by atoms with van der Waals surface area (Å²) < 4.78 is 52.4. The maximum absolute atomic E-state index is 11.3. The van der Waals surface area contributed by atoms with Crippen molar-refractivity contribution in [1.82, 2.24) is 0 Å². The Hall–Kier alpha value is -1.12. The molecule has 1 aromatic rings. The standard InChI is InChI=1S/C8H11NO5S2/c1-15(10,11)8-4-6(2-3-7(8)9)5-16(12,13)14/h2-4H,5,9H2,1H3,(H,12,13,14).